The first kappa shape index (κ1) is 20.2. The second kappa shape index (κ2) is 8.08. The topological polar surface area (TPSA) is 91.8 Å². The summed E-state index contributed by atoms with van der Waals surface area (Å²) in [6.07, 6.45) is 2.57. The molecule has 162 valence electrons. The lowest BCUT2D eigenvalue weighted by Gasteiger charge is -2.04. The van der Waals surface area contributed by atoms with E-state index in [2.05, 4.69) is 34.1 Å². The Hall–Kier alpha value is -3.72. The third kappa shape index (κ3) is 3.50. The van der Waals surface area contributed by atoms with E-state index < -0.39 is 0 Å². The molecule has 0 amide bonds. The van der Waals surface area contributed by atoms with E-state index in [9.17, 15) is 4.79 Å². The Balaban J connectivity index is 1.42. The monoisotopic (exact) mass is 448 g/mol. The maximum absolute atomic E-state index is 12.1. The van der Waals surface area contributed by atoms with Crippen LogP contribution in [0, 0.1) is 6.92 Å². The second-order valence-corrected chi connectivity index (χ2v) is 8.23. The van der Waals surface area contributed by atoms with Gasteiger partial charge in [-0.05, 0) is 48.7 Å². The number of nitrogens with zero attached hydrogens (tertiary/aromatic N) is 4. The van der Waals surface area contributed by atoms with Gasteiger partial charge in [0.2, 0.25) is 5.82 Å². The molecule has 5 aromatic rings. The molecule has 9 heteroatoms. The lowest BCUT2D eigenvalue weighted by molar-refractivity contribution is 0.0605. The molecule has 8 nitrogen and oxygen atoms in total. The number of rotatable bonds is 6. The van der Waals surface area contributed by atoms with Crippen molar-refractivity contribution in [3.05, 3.63) is 64.5 Å². The number of methoxy groups -OCH3 is 1. The molecule has 0 saturated heterocycles. The molecule has 0 saturated carbocycles. The zero-order chi connectivity index (χ0) is 22.2. The molecule has 32 heavy (non-hydrogen) atoms. The van der Waals surface area contributed by atoms with Crippen LogP contribution >= 0.6 is 11.3 Å². The summed E-state index contributed by atoms with van der Waals surface area (Å²) in [5, 5.41) is 5.28. The summed E-state index contributed by atoms with van der Waals surface area (Å²) < 4.78 is 18.2. The van der Waals surface area contributed by atoms with Gasteiger partial charge in [0, 0.05) is 0 Å². The van der Waals surface area contributed by atoms with Gasteiger partial charge in [-0.1, -0.05) is 19.1 Å². The number of benzene rings is 1. The number of aromatic nitrogens is 4. The predicted molar refractivity (Wildman–Crippen MR) is 120 cm³/mol. The molecule has 4 aromatic heterocycles. The molecule has 0 spiro atoms. The average molecular weight is 449 g/mol. The van der Waals surface area contributed by atoms with Crippen molar-refractivity contribution in [2.75, 3.05) is 7.11 Å². The molecule has 0 unspecified atom stereocenters. The van der Waals surface area contributed by atoms with Crippen molar-refractivity contribution in [2.45, 2.75) is 26.9 Å². The quantitative estimate of drug-likeness (QED) is 0.343. The molecule has 0 atom stereocenters. The van der Waals surface area contributed by atoms with Crippen molar-refractivity contribution in [3.63, 3.8) is 0 Å². The van der Waals surface area contributed by atoms with Gasteiger partial charge in [-0.15, -0.1) is 16.4 Å². The van der Waals surface area contributed by atoms with Gasteiger partial charge in [-0.3, -0.25) is 0 Å². The number of aryl methyl sites for hydroxylation is 2. The van der Waals surface area contributed by atoms with Gasteiger partial charge in [0.05, 0.1) is 12.5 Å². The Morgan fingerprint density at radius 1 is 1.19 bits per heavy atom. The maximum Gasteiger partial charge on any atom is 0.348 e. The van der Waals surface area contributed by atoms with E-state index >= 15 is 0 Å². The Morgan fingerprint density at radius 3 is 2.75 bits per heavy atom. The van der Waals surface area contributed by atoms with Gasteiger partial charge >= 0.3 is 5.97 Å². The van der Waals surface area contributed by atoms with Crippen LogP contribution in [-0.2, 0) is 17.8 Å². The zero-order valence-corrected chi connectivity index (χ0v) is 18.6. The fourth-order valence-electron chi connectivity index (χ4n) is 3.48. The first-order valence-corrected chi connectivity index (χ1v) is 10.9. The van der Waals surface area contributed by atoms with E-state index in [1.807, 2.05) is 31.2 Å². The van der Waals surface area contributed by atoms with Crippen molar-refractivity contribution in [1.82, 2.24) is 19.6 Å². The van der Waals surface area contributed by atoms with Gasteiger partial charge in [0.15, 0.2) is 11.4 Å². The largest absolute Gasteiger partial charge is 0.486 e. The van der Waals surface area contributed by atoms with Crippen LogP contribution in [0.4, 0.5) is 0 Å². The van der Waals surface area contributed by atoms with Crippen molar-refractivity contribution in [3.8, 4) is 17.3 Å². The van der Waals surface area contributed by atoms with E-state index in [1.165, 1.54) is 24.0 Å². The Kier molecular flexibility index (Phi) is 5.10. The Morgan fingerprint density at radius 2 is 2.00 bits per heavy atom. The first-order chi connectivity index (χ1) is 15.6. The minimum absolute atomic E-state index is 0.302. The number of esters is 1. The van der Waals surface area contributed by atoms with Crippen LogP contribution in [0.25, 0.3) is 27.4 Å². The number of fused-ring (bicyclic) bond motifs is 3. The number of thiophene rings is 1. The third-order valence-electron chi connectivity index (χ3n) is 5.23. The number of hydrogen-bond acceptors (Lipinski definition) is 8. The molecule has 0 N–H and O–H groups in total. The minimum atomic E-state index is -0.386. The summed E-state index contributed by atoms with van der Waals surface area (Å²) in [6.45, 7) is 4.28. The molecule has 0 radical (unpaired) electrons. The normalized spacial score (nSPS) is 11.3. The van der Waals surface area contributed by atoms with Gasteiger partial charge < -0.3 is 13.9 Å². The number of ether oxygens (including phenoxy) is 2. The van der Waals surface area contributed by atoms with Gasteiger partial charge in [-0.25, -0.2) is 19.3 Å². The van der Waals surface area contributed by atoms with Gasteiger partial charge in [-0.2, -0.15) is 0 Å². The smallest absolute Gasteiger partial charge is 0.348 e. The molecule has 0 aliphatic heterocycles. The molecular weight excluding hydrogens is 428 g/mol. The van der Waals surface area contributed by atoms with Crippen molar-refractivity contribution >= 4 is 33.2 Å². The summed E-state index contributed by atoms with van der Waals surface area (Å²) in [5.74, 6) is 2.03. The molecule has 5 rings (SSSR count). The van der Waals surface area contributed by atoms with Crippen molar-refractivity contribution in [2.24, 2.45) is 0 Å². The van der Waals surface area contributed by atoms with Crippen LogP contribution < -0.4 is 4.74 Å². The fourth-order valence-corrected chi connectivity index (χ4v) is 4.54. The average Bonchev–Trinajstić information content (AvgIpc) is 3.54. The number of carbonyl (C=O) groups is 1. The molecule has 0 aliphatic rings. The minimum Gasteiger partial charge on any atom is -0.486 e. The van der Waals surface area contributed by atoms with Crippen LogP contribution in [0.5, 0.6) is 5.75 Å². The van der Waals surface area contributed by atoms with Crippen LogP contribution in [0.3, 0.4) is 0 Å². The maximum atomic E-state index is 12.1. The van der Waals surface area contributed by atoms with Crippen molar-refractivity contribution in [1.29, 1.82) is 0 Å². The zero-order valence-electron chi connectivity index (χ0n) is 17.8. The molecular formula is C23H20N4O4S. The number of hydrogen-bond donors (Lipinski definition) is 0. The highest BCUT2D eigenvalue weighted by molar-refractivity contribution is 7.20. The number of furan rings is 1. The van der Waals surface area contributed by atoms with E-state index in [4.69, 9.17) is 13.9 Å². The van der Waals surface area contributed by atoms with E-state index in [-0.39, 0.29) is 5.97 Å². The second-order valence-electron chi connectivity index (χ2n) is 7.23. The Labute approximate surface area is 187 Å². The summed E-state index contributed by atoms with van der Waals surface area (Å²) in [6, 6.07) is 11.7. The van der Waals surface area contributed by atoms with E-state index in [0.717, 1.165) is 23.1 Å². The van der Waals surface area contributed by atoms with Crippen LogP contribution in [0.1, 0.15) is 33.5 Å². The van der Waals surface area contributed by atoms with E-state index in [1.54, 1.807) is 10.8 Å². The third-order valence-corrected chi connectivity index (χ3v) is 6.41. The fraction of sp³-hybridized carbons (Fsp3) is 0.217. The lowest BCUT2D eigenvalue weighted by atomic mass is 10.2. The highest BCUT2D eigenvalue weighted by Crippen LogP contribution is 2.33. The molecule has 4 heterocycles. The highest BCUT2D eigenvalue weighted by Gasteiger charge is 2.21. The summed E-state index contributed by atoms with van der Waals surface area (Å²) in [7, 11) is 1.36. The Bertz CT molecular complexity index is 1430. The van der Waals surface area contributed by atoms with E-state index in [0.29, 0.717) is 39.3 Å². The predicted octanol–water partition coefficient (Wildman–Crippen LogP) is 4.84. The van der Waals surface area contributed by atoms with Crippen LogP contribution in [-0.4, -0.2) is 32.7 Å². The summed E-state index contributed by atoms with van der Waals surface area (Å²) in [4.78, 5) is 22.3. The summed E-state index contributed by atoms with van der Waals surface area (Å²) in [5.41, 5.74) is 2.65. The molecule has 0 bridgehead atoms. The lowest BCUT2D eigenvalue weighted by Crippen LogP contribution is -1.99. The first-order valence-electron chi connectivity index (χ1n) is 10.1. The van der Waals surface area contributed by atoms with Gasteiger partial charge in [0.25, 0.3) is 0 Å². The highest BCUT2D eigenvalue weighted by atomic mass is 32.1. The molecule has 0 aliphatic carbocycles. The SMILES string of the molecule is CCc1ccc(OCc2ccc(-c3nc4c5c(C)c(C(=O)OC)sc5ncn4n3)o2)cc1. The number of carbonyl (C=O) groups excluding carboxylic acids is 1. The summed E-state index contributed by atoms with van der Waals surface area (Å²) >= 11 is 1.28. The molecule has 1 aromatic carbocycles. The van der Waals surface area contributed by atoms with Crippen LogP contribution in [0.2, 0.25) is 0 Å². The van der Waals surface area contributed by atoms with Crippen LogP contribution in [0.15, 0.2) is 47.1 Å². The van der Waals surface area contributed by atoms with Crippen molar-refractivity contribution < 1.29 is 18.7 Å². The molecule has 0 fully saturated rings. The van der Waals surface area contributed by atoms with Gasteiger partial charge in [0.1, 0.15) is 34.2 Å². The standard InChI is InChI=1S/C23H20N4O4S/c1-4-14-5-7-15(8-6-14)30-11-16-9-10-17(31-16)20-25-21-18-13(2)19(23(28)29-3)32-22(18)24-12-27(21)26-20/h5-10,12H,4,11H2,1-3H3.